The molecule has 4 aromatic rings. The number of morpholine rings is 1. The fourth-order valence-corrected chi connectivity index (χ4v) is 5.40. The molecule has 1 atom stereocenters. The van der Waals surface area contributed by atoms with Crippen LogP contribution in [0.5, 0.6) is 0 Å². The molecular weight excluding hydrogens is 408 g/mol. The number of fused-ring (bicyclic) bond motifs is 2. The molecule has 5 rings (SSSR count). The largest absolute Gasteiger partial charge is 0.371 e. The van der Waals surface area contributed by atoms with Crippen molar-refractivity contribution >= 4 is 38.4 Å². The van der Waals surface area contributed by atoms with Crippen LogP contribution in [-0.4, -0.2) is 59.5 Å². The highest BCUT2D eigenvalue weighted by molar-refractivity contribution is 7.20. The number of ether oxygens (including phenoxy) is 1. The van der Waals surface area contributed by atoms with Crippen molar-refractivity contribution in [1.29, 1.82) is 0 Å². The Morgan fingerprint density at radius 1 is 1.13 bits per heavy atom. The molecule has 31 heavy (non-hydrogen) atoms. The molecule has 1 aliphatic heterocycles. The fraction of sp³-hybridized carbons (Fsp3) is 0.292. The van der Waals surface area contributed by atoms with Gasteiger partial charge in [-0.25, -0.2) is 4.98 Å². The minimum Gasteiger partial charge on any atom is -0.371 e. The predicted molar refractivity (Wildman–Crippen MR) is 123 cm³/mol. The van der Waals surface area contributed by atoms with E-state index in [9.17, 15) is 4.79 Å². The summed E-state index contributed by atoms with van der Waals surface area (Å²) in [5.41, 5.74) is 3.24. The quantitative estimate of drug-likeness (QED) is 0.486. The van der Waals surface area contributed by atoms with Crippen molar-refractivity contribution in [2.45, 2.75) is 12.6 Å². The van der Waals surface area contributed by atoms with Crippen molar-refractivity contribution < 1.29 is 9.53 Å². The van der Waals surface area contributed by atoms with E-state index in [0.29, 0.717) is 6.61 Å². The van der Waals surface area contributed by atoms with Crippen molar-refractivity contribution in [2.75, 3.05) is 33.8 Å². The van der Waals surface area contributed by atoms with E-state index in [1.54, 1.807) is 25.2 Å². The number of nitrogens with zero attached hydrogens (tertiary/aromatic N) is 4. The summed E-state index contributed by atoms with van der Waals surface area (Å²) in [4.78, 5) is 27.5. The third-order valence-corrected chi connectivity index (χ3v) is 6.83. The molecule has 1 aliphatic rings. The van der Waals surface area contributed by atoms with Gasteiger partial charge in [0.25, 0.3) is 5.91 Å². The number of rotatable bonds is 4. The molecule has 1 saturated heterocycles. The molecule has 0 bridgehead atoms. The van der Waals surface area contributed by atoms with Gasteiger partial charge in [0.15, 0.2) is 0 Å². The van der Waals surface area contributed by atoms with Gasteiger partial charge in [-0.05, 0) is 23.8 Å². The van der Waals surface area contributed by atoms with Crippen LogP contribution in [0.2, 0.25) is 0 Å². The Labute approximate surface area is 185 Å². The zero-order valence-corrected chi connectivity index (χ0v) is 18.4. The summed E-state index contributed by atoms with van der Waals surface area (Å²) in [5, 5.41) is 2.20. The molecule has 0 radical (unpaired) electrons. The Balaban J connectivity index is 1.47. The second-order valence-corrected chi connectivity index (χ2v) is 8.98. The highest BCUT2D eigenvalue weighted by atomic mass is 32.1. The fourth-order valence-electron chi connectivity index (χ4n) is 4.19. The summed E-state index contributed by atoms with van der Waals surface area (Å²) in [6.07, 6.45) is 3.48. The first kappa shape index (κ1) is 20.1. The molecule has 0 spiro atoms. The summed E-state index contributed by atoms with van der Waals surface area (Å²) in [6.45, 7) is 3.02. The molecule has 7 heteroatoms. The molecule has 1 aromatic carbocycles. The molecule has 0 saturated carbocycles. The van der Waals surface area contributed by atoms with Gasteiger partial charge in [-0.3, -0.25) is 14.7 Å². The molecular formula is C24H24N4O2S. The average molecular weight is 433 g/mol. The zero-order valence-electron chi connectivity index (χ0n) is 17.6. The molecule has 1 fully saturated rings. The number of para-hydroxylation sites is 1. The first-order chi connectivity index (χ1) is 15.1. The van der Waals surface area contributed by atoms with Crippen molar-refractivity contribution in [2.24, 2.45) is 0 Å². The van der Waals surface area contributed by atoms with Gasteiger partial charge in [-0.2, -0.15) is 0 Å². The van der Waals surface area contributed by atoms with Crippen LogP contribution >= 0.6 is 11.3 Å². The second kappa shape index (κ2) is 8.34. The number of thiophene rings is 1. The number of carbonyl (C=O) groups excluding carboxylic acids is 1. The van der Waals surface area contributed by atoms with Gasteiger partial charge in [0.2, 0.25) is 0 Å². The molecule has 0 aliphatic carbocycles. The van der Waals surface area contributed by atoms with Crippen LogP contribution in [0.1, 0.15) is 26.9 Å². The number of benzene rings is 1. The van der Waals surface area contributed by atoms with Crippen molar-refractivity contribution in [1.82, 2.24) is 19.8 Å². The van der Waals surface area contributed by atoms with E-state index in [2.05, 4.69) is 33.1 Å². The maximum Gasteiger partial charge on any atom is 0.263 e. The molecule has 6 nitrogen and oxygen atoms in total. The van der Waals surface area contributed by atoms with E-state index in [1.807, 2.05) is 30.5 Å². The highest BCUT2D eigenvalue weighted by Gasteiger charge is 2.30. The molecule has 3 aromatic heterocycles. The van der Waals surface area contributed by atoms with E-state index in [-0.39, 0.29) is 12.0 Å². The predicted octanol–water partition coefficient (Wildman–Crippen LogP) is 4.12. The SMILES string of the molecule is CN(C)C(=O)c1sc2ncccc2c1[C@@H]1CN(Cc2ccnc3ccccc23)CCO1. The molecule has 4 heterocycles. The lowest BCUT2D eigenvalue weighted by Crippen LogP contribution is -2.38. The van der Waals surface area contributed by atoms with Gasteiger partial charge in [0.1, 0.15) is 9.71 Å². The Morgan fingerprint density at radius 2 is 1.97 bits per heavy atom. The van der Waals surface area contributed by atoms with Gasteiger partial charge >= 0.3 is 0 Å². The van der Waals surface area contributed by atoms with Crippen LogP contribution in [0, 0.1) is 0 Å². The first-order valence-corrected chi connectivity index (χ1v) is 11.2. The van der Waals surface area contributed by atoms with E-state index in [1.165, 1.54) is 22.3 Å². The molecule has 0 N–H and O–H groups in total. The van der Waals surface area contributed by atoms with Gasteiger partial charge < -0.3 is 9.64 Å². The number of hydrogen-bond donors (Lipinski definition) is 0. The van der Waals surface area contributed by atoms with E-state index in [4.69, 9.17) is 4.74 Å². The average Bonchev–Trinajstić information content (AvgIpc) is 3.18. The normalized spacial score (nSPS) is 17.3. The third kappa shape index (κ3) is 3.80. The summed E-state index contributed by atoms with van der Waals surface area (Å²) >= 11 is 1.45. The smallest absolute Gasteiger partial charge is 0.263 e. The van der Waals surface area contributed by atoms with E-state index >= 15 is 0 Å². The summed E-state index contributed by atoms with van der Waals surface area (Å²) < 4.78 is 6.21. The monoisotopic (exact) mass is 432 g/mol. The van der Waals surface area contributed by atoms with Gasteiger partial charge in [-0.1, -0.05) is 24.3 Å². The Bertz CT molecular complexity index is 1250. The van der Waals surface area contributed by atoms with Gasteiger partial charge in [-0.15, -0.1) is 11.3 Å². The second-order valence-electron chi connectivity index (χ2n) is 7.98. The number of hydrogen-bond acceptors (Lipinski definition) is 6. The minimum absolute atomic E-state index is 0.00106. The lowest BCUT2D eigenvalue weighted by Gasteiger charge is -2.33. The number of amides is 1. The Morgan fingerprint density at radius 3 is 2.84 bits per heavy atom. The van der Waals surface area contributed by atoms with Gasteiger partial charge in [0.05, 0.1) is 18.2 Å². The summed E-state index contributed by atoms with van der Waals surface area (Å²) in [6, 6.07) is 14.3. The maximum absolute atomic E-state index is 12.9. The van der Waals surface area contributed by atoms with Crippen LogP contribution in [0.3, 0.4) is 0 Å². The van der Waals surface area contributed by atoms with Crippen LogP contribution in [-0.2, 0) is 11.3 Å². The number of carbonyl (C=O) groups is 1. The molecule has 0 unspecified atom stereocenters. The Kier molecular flexibility index (Phi) is 5.40. The maximum atomic E-state index is 12.9. The highest BCUT2D eigenvalue weighted by Crippen LogP contribution is 2.38. The Hall–Kier alpha value is -2.87. The summed E-state index contributed by atoms with van der Waals surface area (Å²) in [7, 11) is 3.57. The lowest BCUT2D eigenvalue weighted by atomic mass is 10.0. The van der Waals surface area contributed by atoms with Gasteiger partial charge in [0, 0.05) is 62.5 Å². The molecule has 1 amide bonds. The number of aromatic nitrogens is 2. The van der Waals surface area contributed by atoms with Crippen molar-refractivity contribution in [3.8, 4) is 0 Å². The standard InChI is InChI=1S/C24H24N4O2S/c1-27(2)24(29)22-21(18-7-5-10-26-23(18)31-22)20-15-28(12-13-30-20)14-16-9-11-25-19-8-4-3-6-17(16)19/h3-11,20H,12-15H2,1-2H3/t20-/m0/s1. The van der Waals surface area contributed by atoms with E-state index < -0.39 is 0 Å². The van der Waals surface area contributed by atoms with E-state index in [0.717, 1.165) is 45.8 Å². The van der Waals surface area contributed by atoms with Crippen LogP contribution in [0.25, 0.3) is 21.1 Å². The van der Waals surface area contributed by atoms with Crippen LogP contribution in [0.15, 0.2) is 54.9 Å². The lowest BCUT2D eigenvalue weighted by molar-refractivity contribution is -0.0322. The first-order valence-electron chi connectivity index (χ1n) is 10.4. The number of pyridine rings is 2. The van der Waals surface area contributed by atoms with Crippen LogP contribution < -0.4 is 0 Å². The third-order valence-electron chi connectivity index (χ3n) is 5.71. The van der Waals surface area contributed by atoms with Crippen molar-refractivity contribution in [3.63, 3.8) is 0 Å². The topological polar surface area (TPSA) is 58.6 Å². The van der Waals surface area contributed by atoms with Crippen LogP contribution in [0.4, 0.5) is 0 Å². The minimum atomic E-state index is -0.168. The van der Waals surface area contributed by atoms with Crippen molar-refractivity contribution in [3.05, 3.63) is 70.9 Å². The summed E-state index contributed by atoms with van der Waals surface area (Å²) in [5.74, 6) is -0.00106. The zero-order chi connectivity index (χ0) is 21.4. The molecule has 158 valence electrons.